The van der Waals surface area contributed by atoms with Gasteiger partial charge >= 0.3 is 6.18 Å². The summed E-state index contributed by atoms with van der Waals surface area (Å²) in [5.74, 6) is -0.653. The molecule has 1 N–H and O–H groups in total. The number of nitrogens with one attached hydrogen (secondary N) is 1. The minimum atomic E-state index is -4.09. The number of fused-ring (bicyclic) bond motifs is 2. The summed E-state index contributed by atoms with van der Waals surface area (Å²) >= 11 is 0. The van der Waals surface area contributed by atoms with Crippen molar-refractivity contribution in [2.75, 3.05) is 26.2 Å². The highest BCUT2D eigenvalue weighted by molar-refractivity contribution is 5.79. The van der Waals surface area contributed by atoms with E-state index < -0.39 is 12.1 Å². The SMILES string of the molecule is N=c1cc(-c2cc3cccn3cn2)oc2ccc(COCCN3CCC(C(F)(F)F)CC3)cc12. The average molecular weight is 470 g/mol. The lowest BCUT2D eigenvalue weighted by atomic mass is 9.96. The maximum absolute atomic E-state index is 12.8. The van der Waals surface area contributed by atoms with Crippen molar-refractivity contribution in [2.45, 2.75) is 25.6 Å². The van der Waals surface area contributed by atoms with Crippen LogP contribution in [0.5, 0.6) is 0 Å². The van der Waals surface area contributed by atoms with Gasteiger partial charge in [0.25, 0.3) is 0 Å². The highest BCUT2D eigenvalue weighted by atomic mass is 19.4. The van der Waals surface area contributed by atoms with Gasteiger partial charge in [-0.3, -0.25) is 5.41 Å². The number of hydrogen-bond donors (Lipinski definition) is 1. The Morgan fingerprint density at radius 1 is 1.12 bits per heavy atom. The predicted octanol–water partition coefficient (Wildman–Crippen LogP) is 5.02. The number of nitrogens with zero attached hydrogens (tertiary/aromatic N) is 3. The highest BCUT2D eigenvalue weighted by Gasteiger charge is 2.40. The topological polar surface area (TPSA) is 66.8 Å². The molecule has 0 spiro atoms. The van der Waals surface area contributed by atoms with Gasteiger partial charge in [0.2, 0.25) is 0 Å². The van der Waals surface area contributed by atoms with E-state index in [1.807, 2.05) is 51.9 Å². The van der Waals surface area contributed by atoms with Gasteiger partial charge in [0.1, 0.15) is 11.3 Å². The Bertz CT molecular complexity index is 1350. The molecule has 34 heavy (non-hydrogen) atoms. The van der Waals surface area contributed by atoms with Gasteiger partial charge in [0, 0.05) is 29.7 Å². The van der Waals surface area contributed by atoms with E-state index >= 15 is 0 Å². The van der Waals surface area contributed by atoms with Crippen LogP contribution in [0, 0.1) is 11.3 Å². The molecule has 1 aliphatic heterocycles. The lowest BCUT2D eigenvalue weighted by Crippen LogP contribution is -2.40. The molecule has 4 aromatic rings. The number of ether oxygens (including phenoxy) is 1. The third-order valence-electron chi connectivity index (χ3n) is 6.37. The van der Waals surface area contributed by atoms with Crippen molar-refractivity contribution in [3.05, 3.63) is 65.9 Å². The Morgan fingerprint density at radius 3 is 2.74 bits per heavy atom. The third-order valence-corrected chi connectivity index (χ3v) is 6.37. The van der Waals surface area contributed by atoms with Gasteiger partial charge in [0.05, 0.1) is 30.8 Å². The Morgan fingerprint density at radius 2 is 1.94 bits per heavy atom. The molecular weight excluding hydrogens is 445 g/mol. The molecule has 0 saturated carbocycles. The van der Waals surface area contributed by atoms with Crippen molar-refractivity contribution in [3.63, 3.8) is 0 Å². The van der Waals surface area contributed by atoms with Crippen LogP contribution in [0.4, 0.5) is 13.2 Å². The molecule has 0 atom stereocenters. The van der Waals surface area contributed by atoms with Crippen LogP contribution in [-0.2, 0) is 11.3 Å². The molecule has 0 unspecified atom stereocenters. The summed E-state index contributed by atoms with van der Waals surface area (Å²) < 4.78 is 52.1. The fourth-order valence-electron chi connectivity index (χ4n) is 4.39. The molecule has 1 aliphatic rings. The molecule has 0 aliphatic carbocycles. The van der Waals surface area contributed by atoms with Gasteiger partial charge in [-0.2, -0.15) is 13.2 Å². The van der Waals surface area contributed by atoms with Gasteiger partial charge in [0.15, 0.2) is 5.76 Å². The van der Waals surface area contributed by atoms with E-state index in [2.05, 4.69) is 4.98 Å². The van der Waals surface area contributed by atoms with Crippen molar-refractivity contribution in [2.24, 2.45) is 5.92 Å². The molecule has 3 aromatic heterocycles. The summed E-state index contributed by atoms with van der Waals surface area (Å²) in [6.07, 6.45) is -0.150. The number of alkyl halides is 3. The second-order valence-corrected chi connectivity index (χ2v) is 8.68. The van der Waals surface area contributed by atoms with Gasteiger partial charge in [-0.05, 0) is 61.8 Å². The maximum Gasteiger partial charge on any atom is 0.391 e. The zero-order valence-corrected chi connectivity index (χ0v) is 18.5. The Balaban J connectivity index is 1.20. The van der Waals surface area contributed by atoms with E-state index in [9.17, 15) is 13.2 Å². The molecule has 0 amide bonds. The quantitative estimate of drug-likeness (QED) is 0.402. The van der Waals surface area contributed by atoms with E-state index in [0.29, 0.717) is 60.6 Å². The second-order valence-electron chi connectivity index (χ2n) is 8.68. The molecule has 1 fully saturated rings. The summed E-state index contributed by atoms with van der Waals surface area (Å²) in [6, 6.07) is 13.1. The predicted molar refractivity (Wildman–Crippen MR) is 121 cm³/mol. The lowest BCUT2D eigenvalue weighted by molar-refractivity contribution is -0.185. The number of likely N-dealkylation sites (tertiary alicyclic amines) is 1. The van der Waals surface area contributed by atoms with Crippen LogP contribution in [0.25, 0.3) is 27.9 Å². The molecule has 4 heterocycles. The fraction of sp³-hybridized carbons (Fsp3) is 0.360. The Kier molecular flexibility index (Phi) is 6.14. The maximum atomic E-state index is 12.8. The smallest absolute Gasteiger partial charge is 0.391 e. The third kappa shape index (κ3) is 4.85. The van der Waals surface area contributed by atoms with Crippen molar-refractivity contribution in [1.29, 1.82) is 5.41 Å². The van der Waals surface area contributed by atoms with Gasteiger partial charge in [-0.25, -0.2) is 4.98 Å². The summed E-state index contributed by atoms with van der Waals surface area (Å²) in [5, 5.41) is 9.49. The zero-order chi connectivity index (χ0) is 23.7. The van der Waals surface area contributed by atoms with Gasteiger partial charge < -0.3 is 18.5 Å². The lowest BCUT2D eigenvalue weighted by Gasteiger charge is -2.32. The number of benzene rings is 1. The summed E-state index contributed by atoms with van der Waals surface area (Å²) in [4.78, 5) is 6.44. The van der Waals surface area contributed by atoms with Crippen molar-refractivity contribution >= 4 is 16.5 Å². The minimum Gasteiger partial charge on any atom is -0.454 e. The van der Waals surface area contributed by atoms with Crippen LogP contribution in [0.1, 0.15) is 18.4 Å². The van der Waals surface area contributed by atoms with Crippen molar-refractivity contribution in [3.8, 4) is 11.5 Å². The standard InChI is InChI=1S/C25H25F3N4O2/c26-25(27,28)18-5-8-31(9-6-18)10-11-33-15-17-3-4-23-20(12-17)21(29)14-24(34-23)22-13-19-2-1-7-32(19)16-30-22/h1-4,7,12-14,16,18,29H,5-6,8-11,15H2. The normalized spacial score (nSPS) is 16.0. The number of aromatic nitrogens is 2. The highest BCUT2D eigenvalue weighted by Crippen LogP contribution is 2.34. The van der Waals surface area contributed by atoms with Crippen LogP contribution in [-0.4, -0.2) is 46.7 Å². The first-order valence-corrected chi connectivity index (χ1v) is 11.3. The van der Waals surface area contributed by atoms with E-state index in [-0.39, 0.29) is 12.8 Å². The van der Waals surface area contributed by atoms with Gasteiger partial charge in [-0.1, -0.05) is 6.07 Å². The van der Waals surface area contributed by atoms with Crippen molar-refractivity contribution in [1.82, 2.24) is 14.3 Å². The molecule has 6 nitrogen and oxygen atoms in total. The van der Waals surface area contributed by atoms with E-state index in [4.69, 9.17) is 14.6 Å². The summed E-state index contributed by atoms with van der Waals surface area (Å²) in [7, 11) is 0. The van der Waals surface area contributed by atoms with Crippen molar-refractivity contribution < 1.29 is 22.3 Å². The molecule has 9 heteroatoms. The molecule has 0 bridgehead atoms. The van der Waals surface area contributed by atoms with Crippen LogP contribution >= 0.6 is 0 Å². The summed E-state index contributed by atoms with van der Waals surface area (Å²) in [5.41, 5.74) is 3.15. The molecule has 5 rings (SSSR count). The molecule has 1 aromatic carbocycles. The Hall–Kier alpha value is -3.17. The monoisotopic (exact) mass is 470 g/mol. The van der Waals surface area contributed by atoms with Crippen LogP contribution in [0.3, 0.4) is 0 Å². The molecule has 0 radical (unpaired) electrons. The first-order valence-electron chi connectivity index (χ1n) is 11.3. The van der Waals surface area contributed by atoms with Crippen LogP contribution in [0.2, 0.25) is 0 Å². The summed E-state index contributed by atoms with van der Waals surface area (Å²) in [6.45, 7) is 2.31. The first-order chi connectivity index (χ1) is 16.4. The number of piperidine rings is 1. The fourth-order valence-corrected chi connectivity index (χ4v) is 4.39. The Labute approximate surface area is 194 Å². The molecule has 178 valence electrons. The average Bonchev–Trinajstić information content (AvgIpc) is 3.30. The number of halogens is 3. The van der Waals surface area contributed by atoms with Gasteiger partial charge in [-0.15, -0.1) is 0 Å². The largest absolute Gasteiger partial charge is 0.454 e. The minimum absolute atomic E-state index is 0.154. The van der Waals surface area contributed by atoms with E-state index in [0.717, 1.165) is 11.1 Å². The molecular formula is C25H25F3N4O2. The van der Waals surface area contributed by atoms with E-state index in [1.54, 1.807) is 12.4 Å². The number of hydrogen-bond acceptors (Lipinski definition) is 5. The van der Waals surface area contributed by atoms with Crippen LogP contribution in [0.15, 0.2) is 59.4 Å². The number of rotatable bonds is 6. The first kappa shape index (κ1) is 22.6. The zero-order valence-electron chi connectivity index (χ0n) is 18.5. The molecule has 1 saturated heterocycles. The van der Waals surface area contributed by atoms with Crippen LogP contribution < -0.4 is 5.36 Å². The second kappa shape index (κ2) is 9.23. The van der Waals surface area contributed by atoms with E-state index in [1.165, 1.54) is 0 Å².